The summed E-state index contributed by atoms with van der Waals surface area (Å²) in [6, 6.07) is 6.61. The van der Waals surface area contributed by atoms with Crippen LogP contribution >= 0.6 is 11.6 Å². The summed E-state index contributed by atoms with van der Waals surface area (Å²) in [5.74, 6) is -1.80. The lowest BCUT2D eigenvalue weighted by molar-refractivity contribution is -0.139. The maximum absolute atomic E-state index is 13.5. The highest BCUT2D eigenvalue weighted by atomic mass is 35.5. The molecule has 0 aromatic heterocycles. The van der Waals surface area contributed by atoms with Crippen LogP contribution in [0.1, 0.15) is 43.7 Å². The number of carbonyl (C=O) groups is 2. The van der Waals surface area contributed by atoms with Crippen molar-refractivity contribution in [2.24, 2.45) is 0 Å². The Morgan fingerprint density at radius 1 is 1.11 bits per heavy atom. The number of nitrogens with one attached hydrogen (secondary N) is 1. The minimum absolute atomic E-state index is 0.0462. The van der Waals surface area contributed by atoms with Gasteiger partial charge in [0.15, 0.2) is 0 Å². The highest BCUT2D eigenvalue weighted by Gasteiger charge is 2.36. The molecule has 0 unspecified atom stereocenters. The topological polar surface area (TPSA) is 86.8 Å². The lowest BCUT2D eigenvalue weighted by Crippen LogP contribution is -2.52. The van der Waals surface area contributed by atoms with Crippen LogP contribution < -0.4 is 9.62 Å². The van der Waals surface area contributed by atoms with E-state index in [0.29, 0.717) is 15.9 Å². The molecule has 0 radical (unpaired) electrons. The molecule has 7 nitrogen and oxygen atoms in total. The number of hydrogen-bond acceptors (Lipinski definition) is 4. The summed E-state index contributed by atoms with van der Waals surface area (Å²) >= 11 is 5.67. The number of alkyl halides is 3. The molecule has 2 aromatic rings. The van der Waals surface area contributed by atoms with Crippen molar-refractivity contribution in [1.82, 2.24) is 10.2 Å². The fourth-order valence-electron chi connectivity index (χ4n) is 4.26. The van der Waals surface area contributed by atoms with Crippen molar-refractivity contribution < 1.29 is 35.6 Å². The summed E-state index contributed by atoms with van der Waals surface area (Å²) < 4.78 is 79.4. The van der Waals surface area contributed by atoms with Gasteiger partial charge in [0.05, 0.1) is 22.5 Å². The van der Waals surface area contributed by atoms with Gasteiger partial charge in [-0.25, -0.2) is 12.8 Å². The van der Waals surface area contributed by atoms with Gasteiger partial charge in [-0.2, -0.15) is 13.2 Å². The van der Waals surface area contributed by atoms with E-state index in [-0.39, 0.29) is 12.6 Å². The molecule has 2 amide bonds. The van der Waals surface area contributed by atoms with Gasteiger partial charge in [0.25, 0.3) is 0 Å². The lowest BCUT2D eigenvalue weighted by atomic mass is 10.1. The molecule has 0 aliphatic heterocycles. The number of rotatable bonds is 9. The van der Waals surface area contributed by atoms with Crippen LogP contribution in [0.5, 0.6) is 0 Å². The Bertz CT molecular complexity index is 1270. The normalized spacial score (nSPS) is 15.2. The molecule has 2 aromatic carbocycles. The number of hydrogen-bond donors (Lipinski definition) is 1. The second kappa shape index (κ2) is 11.9. The lowest BCUT2D eigenvalue weighted by Gasteiger charge is -2.32. The van der Waals surface area contributed by atoms with Gasteiger partial charge >= 0.3 is 6.18 Å². The molecule has 0 saturated heterocycles. The fraction of sp³-hybridized carbons (Fsp3) is 0.440. The summed E-state index contributed by atoms with van der Waals surface area (Å²) in [6.07, 6.45) is -0.594. The third-order valence-electron chi connectivity index (χ3n) is 6.36. The van der Waals surface area contributed by atoms with Crippen molar-refractivity contribution in [1.29, 1.82) is 0 Å². The number of nitrogens with zero attached hydrogens (tertiary/aromatic N) is 2. The number of sulfonamides is 1. The molecule has 0 spiro atoms. The minimum Gasteiger partial charge on any atom is -0.352 e. The average Bonchev–Trinajstić information content (AvgIpc) is 3.33. The van der Waals surface area contributed by atoms with E-state index in [1.54, 1.807) is 0 Å². The van der Waals surface area contributed by atoms with Gasteiger partial charge in [-0.1, -0.05) is 36.6 Å². The van der Waals surface area contributed by atoms with Crippen LogP contribution in [0.4, 0.5) is 23.2 Å². The van der Waals surface area contributed by atoms with E-state index < -0.39 is 62.7 Å². The third kappa shape index (κ3) is 7.59. The Hall–Kier alpha value is -2.86. The predicted octanol–water partition coefficient (Wildman–Crippen LogP) is 4.74. The van der Waals surface area contributed by atoms with Crippen LogP contribution in [0.25, 0.3) is 0 Å². The van der Waals surface area contributed by atoms with Gasteiger partial charge in [-0.05, 0) is 55.7 Å². The quantitative estimate of drug-likeness (QED) is 0.436. The Morgan fingerprint density at radius 3 is 2.26 bits per heavy atom. The summed E-state index contributed by atoms with van der Waals surface area (Å²) in [4.78, 5) is 27.6. The Balaban J connectivity index is 1.93. The monoisotopic (exact) mass is 577 g/mol. The van der Waals surface area contributed by atoms with E-state index in [9.17, 15) is 35.6 Å². The molecule has 208 valence electrons. The first kappa shape index (κ1) is 29.7. The van der Waals surface area contributed by atoms with Gasteiger partial charge in [-0.3, -0.25) is 13.9 Å². The van der Waals surface area contributed by atoms with Crippen LogP contribution in [0.2, 0.25) is 5.02 Å². The molecule has 3 rings (SSSR count). The zero-order chi connectivity index (χ0) is 28.3. The van der Waals surface area contributed by atoms with Crippen LogP contribution in [-0.4, -0.2) is 50.0 Å². The SMILES string of the molecule is C[C@@H](C(=O)NC1CCCC1)N(Cc1ccc(F)cc1)C(=O)CN(c1ccc(Cl)c(C(F)(F)F)c1)S(C)(=O)=O. The smallest absolute Gasteiger partial charge is 0.352 e. The molecule has 0 bridgehead atoms. The molecule has 1 aliphatic carbocycles. The van der Waals surface area contributed by atoms with Crippen molar-refractivity contribution in [3.8, 4) is 0 Å². The summed E-state index contributed by atoms with van der Waals surface area (Å²) in [6.45, 7) is 0.435. The molecule has 1 fully saturated rings. The van der Waals surface area contributed by atoms with E-state index in [1.807, 2.05) is 0 Å². The van der Waals surface area contributed by atoms with E-state index >= 15 is 0 Å². The summed E-state index contributed by atoms with van der Waals surface area (Å²) in [5, 5.41) is 2.26. The van der Waals surface area contributed by atoms with Crippen molar-refractivity contribution in [3.63, 3.8) is 0 Å². The highest BCUT2D eigenvalue weighted by Crippen LogP contribution is 2.37. The highest BCUT2D eigenvalue weighted by molar-refractivity contribution is 7.92. The van der Waals surface area contributed by atoms with Gasteiger partial charge in [0.2, 0.25) is 21.8 Å². The Morgan fingerprint density at radius 2 is 1.71 bits per heavy atom. The van der Waals surface area contributed by atoms with Gasteiger partial charge < -0.3 is 10.2 Å². The standard InChI is InChI=1S/C25H28ClF4N3O4S/c1-16(24(35)31-19-5-3-4-6-19)32(14-17-7-9-18(27)10-8-17)23(34)15-33(38(2,36)37)20-11-12-22(26)21(13-20)25(28,29)30/h7-13,16,19H,3-6,14-15H2,1-2H3,(H,31,35)/t16-/m0/s1. The molecule has 38 heavy (non-hydrogen) atoms. The first-order valence-electron chi connectivity index (χ1n) is 11.9. The number of amides is 2. The Kier molecular flexibility index (Phi) is 9.30. The average molecular weight is 578 g/mol. The van der Waals surface area contributed by atoms with E-state index in [1.165, 1.54) is 31.2 Å². The van der Waals surface area contributed by atoms with Gasteiger partial charge in [0, 0.05) is 12.6 Å². The van der Waals surface area contributed by atoms with Gasteiger partial charge in [0.1, 0.15) is 18.4 Å². The van der Waals surface area contributed by atoms with Crippen molar-refractivity contribution in [3.05, 3.63) is 64.4 Å². The van der Waals surface area contributed by atoms with Crippen molar-refractivity contribution in [2.75, 3.05) is 17.1 Å². The molecule has 1 aliphatic rings. The first-order valence-corrected chi connectivity index (χ1v) is 14.1. The van der Waals surface area contributed by atoms with Crippen molar-refractivity contribution in [2.45, 2.75) is 57.4 Å². The molecule has 0 heterocycles. The van der Waals surface area contributed by atoms with Crippen LogP contribution in [-0.2, 0) is 32.3 Å². The number of anilines is 1. The Labute approximate surface area is 223 Å². The zero-order valence-corrected chi connectivity index (χ0v) is 22.3. The largest absolute Gasteiger partial charge is 0.417 e. The first-order chi connectivity index (χ1) is 17.7. The van der Waals surface area contributed by atoms with Crippen molar-refractivity contribution >= 4 is 39.1 Å². The predicted molar refractivity (Wildman–Crippen MR) is 135 cm³/mol. The maximum atomic E-state index is 13.5. The van der Waals surface area contributed by atoms with Crippen LogP contribution in [0.15, 0.2) is 42.5 Å². The summed E-state index contributed by atoms with van der Waals surface area (Å²) in [7, 11) is -4.24. The van der Waals surface area contributed by atoms with E-state index in [4.69, 9.17) is 11.6 Å². The number of halogens is 5. The second-order valence-corrected chi connectivity index (χ2v) is 11.6. The van der Waals surface area contributed by atoms with E-state index in [0.717, 1.165) is 49.0 Å². The maximum Gasteiger partial charge on any atom is 0.417 e. The molecular weight excluding hydrogens is 550 g/mol. The second-order valence-electron chi connectivity index (χ2n) is 9.25. The van der Waals surface area contributed by atoms with Crippen LogP contribution in [0, 0.1) is 5.82 Å². The molecule has 1 N–H and O–H groups in total. The molecular formula is C25H28ClF4N3O4S. The third-order valence-corrected chi connectivity index (χ3v) is 7.83. The molecule has 13 heteroatoms. The van der Waals surface area contributed by atoms with E-state index in [2.05, 4.69) is 5.32 Å². The fourth-order valence-corrected chi connectivity index (χ4v) is 5.33. The summed E-state index contributed by atoms with van der Waals surface area (Å²) in [5.41, 5.74) is -1.20. The number of carbonyl (C=O) groups excluding carboxylic acids is 2. The molecule has 1 atom stereocenters. The minimum atomic E-state index is -4.86. The zero-order valence-electron chi connectivity index (χ0n) is 20.8. The van der Waals surface area contributed by atoms with Crippen LogP contribution in [0.3, 0.4) is 0 Å². The number of benzene rings is 2. The molecule has 1 saturated carbocycles. The van der Waals surface area contributed by atoms with Gasteiger partial charge in [-0.15, -0.1) is 0 Å².